The molecule has 0 atom stereocenters. The number of nitrogens with one attached hydrogen (secondary N) is 2. The molecular formula is C20H19F2N3O2. The number of aromatic amines is 1. The molecule has 2 N–H and O–H groups in total. The molecule has 7 heteroatoms. The summed E-state index contributed by atoms with van der Waals surface area (Å²) in [7, 11) is 0. The van der Waals surface area contributed by atoms with E-state index in [-0.39, 0.29) is 30.1 Å². The van der Waals surface area contributed by atoms with Gasteiger partial charge >= 0.3 is 0 Å². The molecule has 2 aromatic carbocycles. The van der Waals surface area contributed by atoms with Gasteiger partial charge < -0.3 is 5.32 Å². The SMILES string of the molecule is Cc1ccc(NC(=O)CCc2c(C)[nH]n(-c3ccc(F)cc3)c2=O)cc1F. The Balaban J connectivity index is 1.70. The summed E-state index contributed by atoms with van der Waals surface area (Å²) in [6.45, 7) is 3.38. The number of rotatable bonds is 5. The van der Waals surface area contributed by atoms with Gasteiger partial charge in [0.1, 0.15) is 11.6 Å². The molecule has 1 aromatic heterocycles. The van der Waals surface area contributed by atoms with Crippen molar-refractivity contribution in [1.29, 1.82) is 0 Å². The van der Waals surface area contributed by atoms with E-state index in [1.165, 1.54) is 35.0 Å². The van der Waals surface area contributed by atoms with Gasteiger partial charge in [-0.1, -0.05) is 6.07 Å². The van der Waals surface area contributed by atoms with E-state index in [1.807, 2.05) is 0 Å². The number of anilines is 1. The van der Waals surface area contributed by atoms with Gasteiger partial charge in [0, 0.05) is 23.4 Å². The van der Waals surface area contributed by atoms with Crippen LogP contribution < -0.4 is 10.9 Å². The van der Waals surface area contributed by atoms with Crippen LogP contribution in [0.15, 0.2) is 47.3 Å². The van der Waals surface area contributed by atoms with Crippen LogP contribution in [0.4, 0.5) is 14.5 Å². The number of carbonyl (C=O) groups is 1. The molecule has 5 nitrogen and oxygen atoms in total. The average Bonchev–Trinajstić information content (AvgIpc) is 2.91. The quantitative estimate of drug-likeness (QED) is 0.719. The van der Waals surface area contributed by atoms with Crippen LogP contribution in [-0.4, -0.2) is 15.7 Å². The molecular weight excluding hydrogens is 352 g/mol. The summed E-state index contributed by atoms with van der Waals surface area (Å²) >= 11 is 0. The second-order valence-corrected chi connectivity index (χ2v) is 6.34. The molecule has 0 spiro atoms. The van der Waals surface area contributed by atoms with Crippen LogP contribution in [0.2, 0.25) is 0 Å². The van der Waals surface area contributed by atoms with Crippen LogP contribution in [0.25, 0.3) is 5.69 Å². The van der Waals surface area contributed by atoms with Crippen LogP contribution in [0.5, 0.6) is 0 Å². The normalized spacial score (nSPS) is 10.8. The van der Waals surface area contributed by atoms with E-state index in [4.69, 9.17) is 0 Å². The summed E-state index contributed by atoms with van der Waals surface area (Å²) in [5.74, 6) is -1.09. The maximum absolute atomic E-state index is 13.6. The predicted octanol–water partition coefficient (Wildman–Crippen LogP) is 3.63. The molecule has 0 aliphatic carbocycles. The number of carbonyl (C=O) groups excluding carboxylic acids is 1. The third kappa shape index (κ3) is 4.13. The first-order chi connectivity index (χ1) is 12.8. The number of hydrogen-bond donors (Lipinski definition) is 2. The summed E-state index contributed by atoms with van der Waals surface area (Å²) in [6.07, 6.45) is 0.308. The first-order valence-corrected chi connectivity index (χ1v) is 8.47. The van der Waals surface area contributed by atoms with E-state index in [2.05, 4.69) is 10.4 Å². The number of aromatic nitrogens is 2. The Hall–Kier alpha value is -3.22. The maximum Gasteiger partial charge on any atom is 0.274 e. The average molecular weight is 371 g/mol. The first kappa shape index (κ1) is 18.6. The molecule has 140 valence electrons. The van der Waals surface area contributed by atoms with Crippen LogP contribution in [0.3, 0.4) is 0 Å². The van der Waals surface area contributed by atoms with Crippen molar-refractivity contribution in [3.8, 4) is 5.69 Å². The molecule has 1 heterocycles. The lowest BCUT2D eigenvalue weighted by Crippen LogP contribution is -2.19. The topological polar surface area (TPSA) is 66.9 Å². The lowest BCUT2D eigenvalue weighted by Gasteiger charge is -2.06. The Bertz CT molecular complexity index is 1040. The minimum atomic E-state index is -0.392. The van der Waals surface area contributed by atoms with Crippen molar-refractivity contribution in [2.24, 2.45) is 0 Å². The summed E-state index contributed by atoms with van der Waals surface area (Å²) in [6, 6.07) is 10.0. The fourth-order valence-corrected chi connectivity index (χ4v) is 2.78. The molecule has 0 fully saturated rings. The highest BCUT2D eigenvalue weighted by Crippen LogP contribution is 2.15. The highest BCUT2D eigenvalue weighted by Gasteiger charge is 2.14. The van der Waals surface area contributed by atoms with E-state index >= 15 is 0 Å². The summed E-state index contributed by atoms with van der Waals surface area (Å²) in [4.78, 5) is 24.7. The number of aryl methyl sites for hydroxylation is 2. The van der Waals surface area contributed by atoms with Gasteiger partial charge in [0.2, 0.25) is 5.91 Å². The van der Waals surface area contributed by atoms with Gasteiger partial charge in [-0.15, -0.1) is 0 Å². The summed E-state index contributed by atoms with van der Waals surface area (Å²) < 4.78 is 27.9. The van der Waals surface area contributed by atoms with Crippen LogP contribution >= 0.6 is 0 Å². The molecule has 3 rings (SSSR count). The number of nitrogens with zero attached hydrogens (tertiary/aromatic N) is 1. The van der Waals surface area contributed by atoms with E-state index in [9.17, 15) is 18.4 Å². The Morgan fingerprint density at radius 2 is 1.81 bits per heavy atom. The molecule has 0 aliphatic rings. The Kier molecular flexibility index (Phi) is 5.21. The second kappa shape index (κ2) is 7.57. The van der Waals surface area contributed by atoms with Gasteiger partial charge in [-0.2, -0.15) is 0 Å². The second-order valence-electron chi connectivity index (χ2n) is 6.34. The standard InChI is InChI=1S/C20H19F2N3O2/c1-12-3-6-15(11-18(12)22)23-19(26)10-9-17-13(2)24-25(20(17)27)16-7-4-14(21)5-8-16/h3-8,11,24H,9-10H2,1-2H3,(H,23,26). The Morgan fingerprint density at radius 1 is 1.11 bits per heavy atom. The minimum Gasteiger partial charge on any atom is -0.326 e. The molecule has 0 saturated carbocycles. The molecule has 0 unspecified atom stereocenters. The van der Waals surface area contributed by atoms with Crippen LogP contribution in [0.1, 0.15) is 23.2 Å². The van der Waals surface area contributed by atoms with E-state index in [0.717, 1.165) is 0 Å². The zero-order valence-electron chi connectivity index (χ0n) is 15.0. The molecule has 0 radical (unpaired) electrons. The summed E-state index contributed by atoms with van der Waals surface area (Å²) in [5.41, 5.74) is 2.21. The van der Waals surface area contributed by atoms with Gasteiger partial charge in [-0.05, 0) is 62.2 Å². The zero-order chi connectivity index (χ0) is 19.6. The van der Waals surface area contributed by atoms with Crippen LogP contribution in [0, 0.1) is 25.5 Å². The molecule has 3 aromatic rings. The third-order valence-corrected chi connectivity index (χ3v) is 4.34. The molecule has 0 aliphatic heterocycles. The van der Waals surface area contributed by atoms with Gasteiger partial charge in [0.15, 0.2) is 0 Å². The van der Waals surface area contributed by atoms with Crippen molar-refractivity contribution in [2.45, 2.75) is 26.7 Å². The third-order valence-electron chi connectivity index (χ3n) is 4.34. The van der Waals surface area contributed by atoms with Crippen molar-refractivity contribution in [3.63, 3.8) is 0 Å². The van der Waals surface area contributed by atoms with Gasteiger partial charge in [-0.25, -0.2) is 13.5 Å². The number of H-pyrrole nitrogens is 1. The highest BCUT2D eigenvalue weighted by molar-refractivity contribution is 5.90. The van der Waals surface area contributed by atoms with E-state index < -0.39 is 5.82 Å². The van der Waals surface area contributed by atoms with Crippen molar-refractivity contribution in [3.05, 3.63) is 81.3 Å². The lowest BCUT2D eigenvalue weighted by atomic mass is 10.1. The van der Waals surface area contributed by atoms with Gasteiger partial charge in [0.05, 0.1) is 5.69 Å². The van der Waals surface area contributed by atoms with Crippen molar-refractivity contribution in [1.82, 2.24) is 9.78 Å². The van der Waals surface area contributed by atoms with E-state index in [1.54, 1.807) is 26.0 Å². The van der Waals surface area contributed by atoms with Crippen molar-refractivity contribution >= 4 is 11.6 Å². The van der Waals surface area contributed by atoms with Gasteiger partial charge in [0.25, 0.3) is 5.56 Å². The summed E-state index contributed by atoms with van der Waals surface area (Å²) in [5, 5.41) is 5.56. The maximum atomic E-state index is 13.6. The van der Waals surface area contributed by atoms with Crippen molar-refractivity contribution in [2.75, 3.05) is 5.32 Å². The molecule has 0 bridgehead atoms. The number of halogens is 2. The number of benzene rings is 2. The monoisotopic (exact) mass is 371 g/mol. The van der Waals surface area contributed by atoms with Crippen molar-refractivity contribution < 1.29 is 13.6 Å². The Morgan fingerprint density at radius 3 is 2.48 bits per heavy atom. The number of hydrogen-bond acceptors (Lipinski definition) is 2. The predicted molar refractivity (Wildman–Crippen MR) is 99.2 cm³/mol. The molecule has 0 saturated heterocycles. The fraction of sp³-hybridized carbons (Fsp3) is 0.200. The number of amides is 1. The first-order valence-electron chi connectivity index (χ1n) is 8.47. The smallest absolute Gasteiger partial charge is 0.274 e. The minimum absolute atomic E-state index is 0.0762. The lowest BCUT2D eigenvalue weighted by molar-refractivity contribution is -0.116. The molecule has 1 amide bonds. The highest BCUT2D eigenvalue weighted by atomic mass is 19.1. The fourth-order valence-electron chi connectivity index (χ4n) is 2.78. The van der Waals surface area contributed by atoms with E-state index in [0.29, 0.717) is 28.2 Å². The zero-order valence-corrected chi connectivity index (χ0v) is 15.0. The molecule has 27 heavy (non-hydrogen) atoms. The van der Waals surface area contributed by atoms with Gasteiger partial charge in [-0.3, -0.25) is 14.7 Å². The largest absolute Gasteiger partial charge is 0.326 e. The van der Waals surface area contributed by atoms with Crippen LogP contribution in [-0.2, 0) is 11.2 Å². The Labute approximate surface area is 154 Å².